The van der Waals surface area contributed by atoms with Gasteiger partial charge in [0.25, 0.3) is 0 Å². The molecule has 1 heterocycles. The van der Waals surface area contributed by atoms with Crippen molar-refractivity contribution >= 4 is 5.97 Å². The Morgan fingerprint density at radius 1 is 1.37 bits per heavy atom. The molecule has 112 valence electrons. The summed E-state index contributed by atoms with van der Waals surface area (Å²) in [5.74, 6) is -0.228. The fourth-order valence-electron chi connectivity index (χ4n) is 1.62. The normalized spacial score (nSPS) is 28.5. The van der Waals surface area contributed by atoms with Crippen molar-refractivity contribution in [3.05, 3.63) is 0 Å². The smallest absolute Gasteiger partial charge is 0.311 e. The van der Waals surface area contributed by atoms with Crippen LogP contribution in [0.3, 0.4) is 0 Å². The number of esters is 1. The van der Waals surface area contributed by atoms with Crippen LogP contribution >= 0.6 is 0 Å². The van der Waals surface area contributed by atoms with E-state index in [1.807, 2.05) is 27.7 Å². The largest absolute Gasteiger partial charge is 0.465 e. The third kappa shape index (κ3) is 4.18. The Balaban J connectivity index is 2.37. The quantitative estimate of drug-likeness (QED) is 0.722. The standard InChI is InChI=1S/C15H28O4/c1-7-14(4,5)13(16)17-8-12-9-18-15(6,11(2)3)19-10-12/h11-12H,7-10H2,1-6H3. The molecule has 0 N–H and O–H groups in total. The van der Waals surface area contributed by atoms with E-state index in [0.717, 1.165) is 6.42 Å². The van der Waals surface area contributed by atoms with Gasteiger partial charge >= 0.3 is 5.97 Å². The van der Waals surface area contributed by atoms with Gasteiger partial charge in [-0.2, -0.15) is 0 Å². The van der Waals surface area contributed by atoms with E-state index in [1.54, 1.807) is 0 Å². The summed E-state index contributed by atoms with van der Waals surface area (Å²) < 4.78 is 16.9. The molecule has 4 nitrogen and oxygen atoms in total. The number of hydrogen-bond acceptors (Lipinski definition) is 4. The van der Waals surface area contributed by atoms with E-state index in [2.05, 4.69) is 13.8 Å². The average Bonchev–Trinajstić information content (AvgIpc) is 2.37. The van der Waals surface area contributed by atoms with Gasteiger partial charge in [0.15, 0.2) is 5.79 Å². The van der Waals surface area contributed by atoms with Gasteiger partial charge in [0.2, 0.25) is 0 Å². The molecule has 1 fully saturated rings. The highest BCUT2D eigenvalue weighted by Crippen LogP contribution is 2.29. The van der Waals surface area contributed by atoms with Crippen molar-refractivity contribution in [2.75, 3.05) is 19.8 Å². The van der Waals surface area contributed by atoms with Gasteiger partial charge in [0, 0.05) is 11.8 Å². The summed E-state index contributed by atoms with van der Waals surface area (Å²) in [5, 5.41) is 0. The summed E-state index contributed by atoms with van der Waals surface area (Å²) in [6, 6.07) is 0. The molecule has 0 spiro atoms. The van der Waals surface area contributed by atoms with Crippen molar-refractivity contribution in [3.8, 4) is 0 Å². The Hall–Kier alpha value is -0.610. The van der Waals surface area contributed by atoms with Gasteiger partial charge in [0.05, 0.1) is 25.2 Å². The summed E-state index contributed by atoms with van der Waals surface area (Å²) >= 11 is 0. The lowest BCUT2D eigenvalue weighted by Gasteiger charge is -2.40. The first kappa shape index (κ1) is 16.4. The average molecular weight is 272 g/mol. The van der Waals surface area contributed by atoms with E-state index in [-0.39, 0.29) is 11.9 Å². The van der Waals surface area contributed by atoms with Crippen LogP contribution in [-0.2, 0) is 19.0 Å². The molecule has 0 unspecified atom stereocenters. The molecule has 0 amide bonds. The van der Waals surface area contributed by atoms with Gasteiger partial charge in [-0.3, -0.25) is 4.79 Å². The SMILES string of the molecule is CCC(C)(C)C(=O)OCC1COC(C)(C(C)C)OC1. The molecule has 0 saturated carbocycles. The van der Waals surface area contributed by atoms with Crippen molar-refractivity contribution in [2.45, 2.75) is 53.8 Å². The van der Waals surface area contributed by atoms with E-state index in [0.29, 0.717) is 25.7 Å². The van der Waals surface area contributed by atoms with E-state index >= 15 is 0 Å². The maximum Gasteiger partial charge on any atom is 0.311 e. The second kappa shape index (κ2) is 6.23. The fraction of sp³-hybridized carbons (Fsp3) is 0.933. The molecule has 1 rings (SSSR count). The van der Waals surface area contributed by atoms with E-state index in [1.165, 1.54) is 0 Å². The molecule has 0 aliphatic carbocycles. The predicted octanol–water partition coefficient (Wildman–Crippen LogP) is 3.00. The molecule has 4 heteroatoms. The van der Waals surface area contributed by atoms with Crippen LogP contribution < -0.4 is 0 Å². The van der Waals surface area contributed by atoms with Gasteiger partial charge in [-0.15, -0.1) is 0 Å². The first-order valence-corrected chi connectivity index (χ1v) is 7.16. The Labute approximate surface area is 116 Å². The highest BCUT2D eigenvalue weighted by molar-refractivity contribution is 5.75. The minimum Gasteiger partial charge on any atom is -0.465 e. The Morgan fingerprint density at radius 3 is 2.32 bits per heavy atom. The number of ether oxygens (including phenoxy) is 3. The third-order valence-electron chi connectivity index (χ3n) is 4.15. The van der Waals surface area contributed by atoms with Crippen LogP contribution in [0.2, 0.25) is 0 Å². The molecule has 19 heavy (non-hydrogen) atoms. The molecule has 0 atom stereocenters. The van der Waals surface area contributed by atoms with Crippen LogP contribution in [0, 0.1) is 17.3 Å². The minimum atomic E-state index is -0.511. The molecular formula is C15H28O4. The van der Waals surface area contributed by atoms with Crippen molar-refractivity contribution in [1.29, 1.82) is 0 Å². The summed E-state index contributed by atoms with van der Waals surface area (Å²) in [7, 11) is 0. The summed E-state index contributed by atoms with van der Waals surface area (Å²) in [6.45, 7) is 13.4. The summed E-state index contributed by atoms with van der Waals surface area (Å²) in [6.07, 6.45) is 0.773. The molecular weight excluding hydrogens is 244 g/mol. The van der Waals surface area contributed by atoms with Crippen LogP contribution in [0.15, 0.2) is 0 Å². The molecule has 0 aromatic rings. The second-order valence-corrected chi connectivity index (χ2v) is 6.49. The lowest BCUT2D eigenvalue weighted by atomic mass is 9.91. The summed E-state index contributed by atoms with van der Waals surface area (Å²) in [4.78, 5) is 11.9. The maximum absolute atomic E-state index is 11.9. The zero-order valence-corrected chi connectivity index (χ0v) is 13.1. The maximum atomic E-state index is 11.9. The Morgan fingerprint density at radius 2 is 1.89 bits per heavy atom. The molecule has 1 aliphatic rings. The van der Waals surface area contributed by atoms with E-state index < -0.39 is 11.2 Å². The third-order valence-corrected chi connectivity index (χ3v) is 4.15. The minimum absolute atomic E-state index is 0.128. The first-order chi connectivity index (χ1) is 8.71. The number of carbonyl (C=O) groups is 1. The lowest BCUT2D eigenvalue weighted by Crippen LogP contribution is -2.46. The van der Waals surface area contributed by atoms with E-state index in [9.17, 15) is 4.79 Å². The van der Waals surface area contributed by atoms with Crippen LogP contribution in [0.1, 0.15) is 48.0 Å². The molecule has 0 aromatic heterocycles. The van der Waals surface area contributed by atoms with Gasteiger partial charge in [-0.05, 0) is 27.2 Å². The van der Waals surface area contributed by atoms with Crippen molar-refractivity contribution in [2.24, 2.45) is 17.3 Å². The molecule has 1 saturated heterocycles. The van der Waals surface area contributed by atoms with Gasteiger partial charge < -0.3 is 14.2 Å². The molecule has 0 aromatic carbocycles. The topological polar surface area (TPSA) is 44.8 Å². The van der Waals surface area contributed by atoms with Crippen molar-refractivity contribution < 1.29 is 19.0 Å². The van der Waals surface area contributed by atoms with Gasteiger partial charge in [0.1, 0.15) is 0 Å². The van der Waals surface area contributed by atoms with Crippen LogP contribution in [0.5, 0.6) is 0 Å². The molecule has 0 bridgehead atoms. The van der Waals surface area contributed by atoms with Crippen LogP contribution in [-0.4, -0.2) is 31.6 Å². The first-order valence-electron chi connectivity index (χ1n) is 7.16. The van der Waals surface area contributed by atoms with Gasteiger partial charge in [-0.25, -0.2) is 0 Å². The van der Waals surface area contributed by atoms with E-state index in [4.69, 9.17) is 14.2 Å². The summed E-state index contributed by atoms with van der Waals surface area (Å²) in [5.41, 5.74) is -0.414. The molecule has 1 aliphatic heterocycles. The number of rotatable bonds is 5. The second-order valence-electron chi connectivity index (χ2n) is 6.49. The Kier molecular flexibility index (Phi) is 5.39. The zero-order valence-electron chi connectivity index (χ0n) is 13.1. The monoisotopic (exact) mass is 272 g/mol. The Bertz CT molecular complexity index is 301. The highest BCUT2D eigenvalue weighted by atomic mass is 16.7. The lowest BCUT2D eigenvalue weighted by molar-refractivity contribution is -0.296. The van der Waals surface area contributed by atoms with Gasteiger partial charge in [-0.1, -0.05) is 20.8 Å². The number of hydrogen-bond donors (Lipinski definition) is 0. The van der Waals surface area contributed by atoms with Crippen LogP contribution in [0.4, 0.5) is 0 Å². The van der Waals surface area contributed by atoms with Crippen LogP contribution in [0.25, 0.3) is 0 Å². The zero-order chi connectivity index (χ0) is 14.7. The molecule has 0 radical (unpaired) electrons. The van der Waals surface area contributed by atoms with Crippen molar-refractivity contribution in [3.63, 3.8) is 0 Å². The van der Waals surface area contributed by atoms with Crippen molar-refractivity contribution in [1.82, 2.24) is 0 Å². The predicted molar refractivity (Wildman–Crippen MR) is 73.7 cm³/mol. The fourth-order valence-corrected chi connectivity index (χ4v) is 1.62. The number of carbonyl (C=O) groups excluding carboxylic acids is 1. The highest BCUT2D eigenvalue weighted by Gasteiger charge is 2.36.